The minimum absolute atomic E-state index is 0.0185. The number of benzene rings is 1. The summed E-state index contributed by atoms with van der Waals surface area (Å²) in [6.07, 6.45) is 6.33. The average molecular weight is 355 g/mol. The third-order valence-corrected chi connectivity index (χ3v) is 4.41. The zero-order chi connectivity index (χ0) is 17.8. The van der Waals surface area contributed by atoms with Gasteiger partial charge in [-0.3, -0.25) is 14.7 Å². The van der Waals surface area contributed by atoms with Crippen LogP contribution >= 0.6 is 11.6 Å². The van der Waals surface area contributed by atoms with Crippen LogP contribution in [0.3, 0.4) is 0 Å². The average Bonchev–Trinajstić information content (AvgIpc) is 3.02. The molecule has 25 heavy (non-hydrogen) atoms. The molecule has 0 bridgehead atoms. The maximum Gasteiger partial charge on any atom is 0.229 e. The highest BCUT2D eigenvalue weighted by Crippen LogP contribution is 2.23. The van der Waals surface area contributed by atoms with Gasteiger partial charge < -0.3 is 4.57 Å². The molecule has 128 valence electrons. The zero-order valence-corrected chi connectivity index (χ0v) is 14.9. The van der Waals surface area contributed by atoms with Crippen molar-refractivity contribution < 1.29 is 4.79 Å². The Kier molecular flexibility index (Phi) is 5.14. The van der Waals surface area contributed by atoms with Crippen LogP contribution in [0, 0.1) is 0 Å². The number of aryl methyl sites for hydroxylation is 1. The number of aromatic nitrogens is 3. The van der Waals surface area contributed by atoms with E-state index in [9.17, 15) is 4.79 Å². The summed E-state index contributed by atoms with van der Waals surface area (Å²) in [5, 5.41) is 0.698. The van der Waals surface area contributed by atoms with E-state index in [0.717, 1.165) is 16.8 Å². The van der Waals surface area contributed by atoms with Gasteiger partial charge in [0, 0.05) is 43.5 Å². The monoisotopic (exact) mass is 354 g/mol. The Labute approximate surface area is 151 Å². The quantitative estimate of drug-likeness (QED) is 0.701. The van der Waals surface area contributed by atoms with Gasteiger partial charge in [-0.05, 0) is 36.2 Å². The molecule has 0 unspecified atom stereocenters. The SMILES string of the molecule is CN(C(=O)CCc1ccc(Cl)cc1)c1ncc(-c2ccncc2)n1C. The van der Waals surface area contributed by atoms with Gasteiger partial charge in [0.15, 0.2) is 0 Å². The van der Waals surface area contributed by atoms with Crippen molar-refractivity contribution >= 4 is 23.5 Å². The van der Waals surface area contributed by atoms with E-state index in [-0.39, 0.29) is 5.91 Å². The van der Waals surface area contributed by atoms with E-state index < -0.39 is 0 Å². The highest BCUT2D eigenvalue weighted by Gasteiger charge is 2.17. The number of anilines is 1. The normalized spacial score (nSPS) is 10.7. The first-order chi connectivity index (χ1) is 12.1. The molecule has 1 aromatic carbocycles. The van der Waals surface area contributed by atoms with Gasteiger partial charge in [0.05, 0.1) is 11.9 Å². The van der Waals surface area contributed by atoms with Gasteiger partial charge in [-0.25, -0.2) is 4.98 Å². The Bertz CT molecular complexity index is 859. The van der Waals surface area contributed by atoms with Crippen LogP contribution in [-0.2, 0) is 18.3 Å². The van der Waals surface area contributed by atoms with Crippen molar-refractivity contribution in [3.05, 3.63) is 65.6 Å². The lowest BCUT2D eigenvalue weighted by Gasteiger charge is -2.17. The van der Waals surface area contributed by atoms with E-state index in [4.69, 9.17) is 11.6 Å². The molecule has 1 amide bonds. The molecule has 0 aliphatic rings. The number of hydrogen-bond donors (Lipinski definition) is 0. The predicted molar refractivity (Wildman–Crippen MR) is 99.6 cm³/mol. The molecule has 2 heterocycles. The molecule has 0 fully saturated rings. The van der Waals surface area contributed by atoms with Gasteiger partial charge in [-0.1, -0.05) is 23.7 Å². The van der Waals surface area contributed by atoms with E-state index in [1.807, 2.05) is 48.0 Å². The summed E-state index contributed by atoms with van der Waals surface area (Å²) < 4.78 is 1.91. The third-order valence-electron chi connectivity index (χ3n) is 4.15. The second-order valence-corrected chi connectivity index (χ2v) is 6.25. The Morgan fingerprint density at radius 1 is 1.16 bits per heavy atom. The van der Waals surface area contributed by atoms with Crippen molar-refractivity contribution in [1.29, 1.82) is 0 Å². The van der Waals surface area contributed by atoms with Gasteiger partial charge in [-0.15, -0.1) is 0 Å². The summed E-state index contributed by atoms with van der Waals surface area (Å²) in [6.45, 7) is 0. The largest absolute Gasteiger partial charge is 0.313 e. The maximum atomic E-state index is 12.5. The van der Waals surface area contributed by atoms with Gasteiger partial charge in [0.25, 0.3) is 0 Å². The second-order valence-electron chi connectivity index (χ2n) is 5.82. The first kappa shape index (κ1) is 17.2. The standard InChI is InChI=1S/C19H19ClN4O/c1-23-17(15-9-11-21-12-10-15)13-22-19(23)24(2)18(25)8-5-14-3-6-16(20)7-4-14/h3-4,6-7,9-13H,5,8H2,1-2H3. The van der Waals surface area contributed by atoms with Crippen molar-refractivity contribution in [2.75, 3.05) is 11.9 Å². The molecule has 0 aliphatic carbocycles. The molecule has 0 saturated carbocycles. The minimum atomic E-state index is 0.0185. The fraction of sp³-hybridized carbons (Fsp3) is 0.211. The minimum Gasteiger partial charge on any atom is -0.313 e. The van der Waals surface area contributed by atoms with Crippen LogP contribution in [0.1, 0.15) is 12.0 Å². The summed E-state index contributed by atoms with van der Waals surface area (Å²) in [4.78, 5) is 22.6. The number of carbonyl (C=O) groups is 1. The van der Waals surface area contributed by atoms with Crippen molar-refractivity contribution in [1.82, 2.24) is 14.5 Å². The zero-order valence-electron chi connectivity index (χ0n) is 14.2. The van der Waals surface area contributed by atoms with E-state index in [1.54, 1.807) is 30.5 Å². The molecule has 0 spiro atoms. The predicted octanol–water partition coefficient (Wildman–Crippen LogP) is 3.73. The van der Waals surface area contributed by atoms with Crippen molar-refractivity contribution in [2.45, 2.75) is 12.8 Å². The van der Waals surface area contributed by atoms with Crippen molar-refractivity contribution in [2.24, 2.45) is 7.05 Å². The number of amides is 1. The molecule has 3 rings (SSSR count). The molecule has 0 aliphatic heterocycles. The fourth-order valence-corrected chi connectivity index (χ4v) is 2.81. The molecule has 3 aromatic rings. The molecule has 0 atom stereocenters. The van der Waals surface area contributed by atoms with Crippen LogP contribution in [0.5, 0.6) is 0 Å². The third kappa shape index (κ3) is 3.88. The molecule has 0 saturated heterocycles. The lowest BCUT2D eigenvalue weighted by Crippen LogP contribution is -2.29. The van der Waals surface area contributed by atoms with Gasteiger partial charge in [0.1, 0.15) is 0 Å². The highest BCUT2D eigenvalue weighted by molar-refractivity contribution is 6.30. The maximum absolute atomic E-state index is 12.5. The van der Waals surface area contributed by atoms with E-state index in [1.165, 1.54) is 0 Å². The van der Waals surface area contributed by atoms with E-state index >= 15 is 0 Å². The summed E-state index contributed by atoms with van der Waals surface area (Å²) in [6, 6.07) is 11.4. The number of pyridine rings is 1. The topological polar surface area (TPSA) is 51.0 Å². The van der Waals surface area contributed by atoms with Crippen LogP contribution in [0.2, 0.25) is 5.02 Å². The number of rotatable bonds is 5. The molecule has 0 N–H and O–H groups in total. The smallest absolute Gasteiger partial charge is 0.229 e. The highest BCUT2D eigenvalue weighted by atomic mass is 35.5. The van der Waals surface area contributed by atoms with Gasteiger partial charge in [-0.2, -0.15) is 0 Å². The Morgan fingerprint density at radius 2 is 1.84 bits per heavy atom. The second kappa shape index (κ2) is 7.49. The van der Waals surface area contributed by atoms with E-state index in [2.05, 4.69) is 9.97 Å². The number of nitrogens with zero attached hydrogens (tertiary/aromatic N) is 4. The lowest BCUT2D eigenvalue weighted by molar-refractivity contribution is -0.118. The van der Waals surface area contributed by atoms with Crippen LogP contribution in [-0.4, -0.2) is 27.5 Å². The molecular formula is C19H19ClN4O. The Morgan fingerprint density at radius 3 is 2.52 bits per heavy atom. The lowest BCUT2D eigenvalue weighted by atomic mass is 10.1. The molecule has 2 aromatic heterocycles. The summed E-state index contributed by atoms with van der Waals surface area (Å²) >= 11 is 5.89. The number of halogens is 1. The van der Waals surface area contributed by atoms with Gasteiger partial charge >= 0.3 is 0 Å². The van der Waals surface area contributed by atoms with Crippen LogP contribution in [0.25, 0.3) is 11.3 Å². The molecular weight excluding hydrogens is 336 g/mol. The van der Waals surface area contributed by atoms with Gasteiger partial charge in [0.2, 0.25) is 11.9 Å². The molecule has 0 radical (unpaired) electrons. The van der Waals surface area contributed by atoms with Crippen molar-refractivity contribution in [3.63, 3.8) is 0 Å². The van der Waals surface area contributed by atoms with E-state index in [0.29, 0.717) is 23.8 Å². The van der Waals surface area contributed by atoms with Crippen LogP contribution in [0.4, 0.5) is 5.95 Å². The Balaban J connectivity index is 1.70. The van der Waals surface area contributed by atoms with Crippen LogP contribution < -0.4 is 4.90 Å². The molecule has 5 nitrogen and oxygen atoms in total. The van der Waals surface area contributed by atoms with Crippen molar-refractivity contribution in [3.8, 4) is 11.3 Å². The van der Waals surface area contributed by atoms with Crippen LogP contribution in [0.15, 0.2) is 55.0 Å². The first-order valence-corrected chi connectivity index (χ1v) is 8.37. The fourth-order valence-electron chi connectivity index (χ4n) is 2.68. The first-order valence-electron chi connectivity index (χ1n) is 7.99. The number of hydrogen-bond acceptors (Lipinski definition) is 3. The molecule has 6 heteroatoms. The summed E-state index contributed by atoms with van der Waals surface area (Å²) in [7, 11) is 3.66. The summed E-state index contributed by atoms with van der Waals surface area (Å²) in [5.41, 5.74) is 3.04. The number of carbonyl (C=O) groups excluding carboxylic acids is 1. The summed E-state index contributed by atoms with van der Waals surface area (Å²) in [5.74, 6) is 0.637. The number of imidazole rings is 1. The Hall–Kier alpha value is -2.66.